The maximum Gasteiger partial charge on any atom is 0.680 e. The van der Waals surface area contributed by atoms with Gasteiger partial charge < -0.3 is 80.6 Å². The molecule has 2 aliphatic heterocycles. The second-order valence-electron chi connectivity index (χ2n) is 8.93. The molecular weight excluding hydrogens is 592 g/mol. The summed E-state index contributed by atoms with van der Waals surface area (Å²) in [5.74, 6) is -2.32. The largest absolute Gasteiger partial charge is 0.680 e. The standard InChI is InChI=1S/C22H46O17Si2/c1-6-30-40(29,31-7-2)38-19-15(12-24)35-21(18(28)17(19)27)37-22(13-25)20(16(26)14(11-23)36-22)39-41(32-8-3,33-9-4)34-10-5/h14-21,23-29H,6-13H2,1-5H3/t14-,15-,16-,17-,18-,19-,20+,21-,22?/m1/s1. The fourth-order valence-corrected chi connectivity index (χ4v) is 8.19. The van der Waals surface area contributed by atoms with Crippen LogP contribution in [0.4, 0.5) is 0 Å². The molecule has 0 aromatic rings. The van der Waals surface area contributed by atoms with Gasteiger partial charge in [-0.15, -0.1) is 0 Å². The Balaban J connectivity index is 2.40. The summed E-state index contributed by atoms with van der Waals surface area (Å²) in [4.78, 5) is 10.7. The molecule has 9 atom stereocenters. The Morgan fingerprint density at radius 1 is 0.683 bits per heavy atom. The maximum absolute atomic E-state index is 11.0. The summed E-state index contributed by atoms with van der Waals surface area (Å²) in [6, 6.07) is 0. The first kappa shape index (κ1) is 36.9. The lowest BCUT2D eigenvalue weighted by Gasteiger charge is -2.46. The molecule has 1 unspecified atom stereocenters. The van der Waals surface area contributed by atoms with E-state index in [9.17, 15) is 35.4 Å². The SMILES string of the molecule is CCO[Si](O)(OCC)O[C@H]1[C@H](O)[C@@H](O)[C@@H](OC2(CO)O[C@H](CO)[C@@H](O)[C@@H]2O[Si](OCC)(OCC)OCC)O[C@@H]1CO. The van der Waals surface area contributed by atoms with Crippen LogP contribution in [0.25, 0.3) is 0 Å². The van der Waals surface area contributed by atoms with Crippen LogP contribution in [0.5, 0.6) is 0 Å². The summed E-state index contributed by atoms with van der Waals surface area (Å²) in [5.41, 5.74) is 0. The van der Waals surface area contributed by atoms with E-state index in [0.29, 0.717) is 0 Å². The predicted octanol–water partition coefficient (Wildman–Crippen LogP) is -3.30. The van der Waals surface area contributed by atoms with Crippen molar-refractivity contribution < 1.29 is 80.6 Å². The number of aliphatic hydroxyl groups is 6. The lowest BCUT2D eigenvalue weighted by molar-refractivity contribution is -0.384. The van der Waals surface area contributed by atoms with E-state index in [1.807, 2.05) is 0 Å². The van der Waals surface area contributed by atoms with Crippen molar-refractivity contribution in [3.63, 3.8) is 0 Å². The minimum Gasteiger partial charge on any atom is -0.394 e. The molecule has 0 amide bonds. The van der Waals surface area contributed by atoms with Crippen LogP contribution in [0, 0.1) is 0 Å². The fraction of sp³-hybridized carbons (Fsp3) is 1.00. The Morgan fingerprint density at radius 2 is 1.20 bits per heavy atom. The van der Waals surface area contributed by atoms with Crippen LogP contribution in [0.15, 0.2) is 0 Å². The van der Waals surface area contributed by atoms with Crippen molar-refractivity contribution in [3.05, 3.63) is 0 Å². The molecule has 0 aliphatic carbocycles. The number of hydrogen-bond acceptors (Lipinski definition) is 17. The number of ether oxygens (including phenoxy) is 3. The van der Waals surface area contributed by atoms with E-state index < -0.39 is 92.7 Å². The van der Waals surface area contributed by atoms with E-state index in [2.05, 4.69) is 0 Å². The van der Waals surface area contributed by atoms with Crippen molar-refractivity contribution in [1.29, 1.82) is 0 Å². The van der Waals surface area contributed by atoms with E-state index in [4.69, 9.17) is 45.2 Å². The molecule has 0 aromatic carbocycles. The average Bonchev–Trinajstić information content (AvgIpc) is 3.19. The van der Waals surface area contributed by atoms with Gasteiger partial charge in [-0.25, -0.2) is 0 Å². The predicted molar refractivity (Wildman–Crippen MR) is 138 cm³/mol. The van der Waals surface area contributed by atoms with Crippen LogP contribution in [0.2, 0.25) is 0 Å². The molecule has 244 valence electrons. The highest BCUT2D eigenvalue weighted by molar-refractivity contribution is 6.53. The molecule has 41 heavy (non-hydrogen) atoms. The zero-order valence-electron chi connectivity index (χ0n) is 24.0. The number of hydrogen-bond donors (Lipinski definition) is 7. The van der Waals surface area contributed by atoms with Gasteiger partial charge in [0.25, 0.3) is 0 Å². The summed E-state index contributed by atoms with van der Waals surface area (Å²) in [7, 11) is -8.31. The van der Waals surface area contributed by atoms with Gasteiger partial charge in [0.05, 0.1) is 13.2 Å². The molecule has 0 radical (unpaired) electrons. The van der Waals surface area contributed by atoms with Crippen molar-refractivity contribution in [1.82, 2.24) is 0 Å². The molecule has 2 heterocycles. The van der Waals surface area contributed by atoms with Gasteiger partial charge in [-0.3, -0.25) is 0 Å². The van der Waals surface area contributed by atoms with Gasteiger partial charge in [-0.05, 0) is 34.6 Å². The van der Waals surface area contributed by atoms with Gasteiger partial charge in [0.2, 0.25) is 5.79 Å². The van der Waals surface area contributed by atoms with Crippen LogP contribution in [0.1, 0.15) is 34.6 Å². The molecule has 2 aliphatic rings. The van der Waals surface area contributed by atoms with E-state index in [0.717, 1.165) is 0 Å². The minimum absolute atomic E-state index is 0.00656. The Bertz CT molecular complexity index is 730. The number of rotatable bonds is 19. The first-order valence-electron chi connectivity index (χ1n) is 13.6. The van der Waals surface area contributed by atoms with Crippen LogP contribution < -0.4 is 0 Å². The molecule has 2 rings (SSSR count). The van der Waals surface area contributed by atoms with Crippen LogP contribution >= 0.6 is 0 Å². The lowest BCUT2D eigenvalue weighted by Crippen LogP contribution is -2.66. The second-order valence-corrected chi connectivity index (χ2v) is 12.9. The first-order valence-corrected chi connectivity index (χ1v) is 16.9. The highest BCUT2D eigenvalue weighted by Gasteiger charge is 2.64. The monoisotopic (exact) mass is 638 g/mol. The Hall–Kier alpha value is -0.246. The van der Waals surface area contributed by atoms with E-state index in [1.54, 1.807) is 34.6 Å². The normalized spacial score (nSPS) is 34.8. The summed E-state index contributed by atoms with van der Waals surface area (Å²) in [6.45, 7) is 5.97. The fourth-order valence-electron chi connectivity index (χ4n) is 4.46. The van der Waals surface area contributed by atoms with Gasteiger partial charge in [0, 0.05) is 33.0 Å². The van der Waals surface area contributed by atoms with Crippen molar-refractivity contribution >= 4 is 18.1 Å². The summed E-state index contributed by atoms with van der Waals surface area (Å²) in [6.07, 6.45) is -13.1. The first-order chi connectivity index (χ1) is 19.5. The minimum atomic E-state index is -4.32. The van der Waals surface area contributed by atoms with E-state index >= 15 is 0 Å². The van der Waals surface area contributed by atoms with E-state index in [1.165, 1.54) is 0 Å². The second kappa shape index (κ2) is 16.7. The highest BCUT2D eigenvalue weighted by atomic mass is 28.4. The van der Waals surface area contributed by atoms with Crippen molar-refractivity contribution in [2.75, 3.05) is 52.9 Å². The van der Waals surface area contributed by atoms with Crippen molar-refractivity contribution in [2.24, 2.45) is 0 Å². The molecule has 0 saturated carbocycles. The average molecular weight is 639 g/mol. The highest BCUT2D eigenvalue weighted by Crippen LogP contribution is 2.40. The van der Waals surface area contributed by atoms with Gasteiger partial charge in [0.1, 0.15) is 49.3 Å². The molecule has 2 fully saturated rings. The van der Waals surface area contributed by atoms with Gasteiger partial charge in [-0.2, -0.15) is 0 Å². The van der Waals surface area contributed by atoms with Crippen LogP contribution in [-0.2, 0) is 45.2 Å². The van der Waals surface area contributed by atoms with Crippen LogP contribution in [-0.4, -0.2) is 161 Å². The third-order valence-electron chi connectivity index (χ3n) is 6.19. The summed E-state index contributed by atoms with van der Waals surface area (Å²) >= 11 is 0. The smallest absolute Gasteiger partial charge is 0.394 e. The van der Waals surface area contributed by atoms with E-state index in [-0.39, 0.29) is 33.0 Å². The number of aliphatic hydroxyl groups excluding tert-OH is 6. The lowest BCUT2D eigenvalue weighted by atomic mass is 9.99. The Kier molecular flexibility index (Phi) is 15.1. The third-order valence-corrected chi connectivity index (χ3v) is 10.5. The molecule has 0 bridgehead atoms. The third kappa shape index (κ3) is 8.69. The zero-order chi connectivity index (χ0) is 30.8. The maximum atomic E-state index is 11.0. The molecule has 19 heteroatoms. The molecule has 7 N–H and O–H groups in total. The quantitative estimate of drug-likeness (QED) is 0.0686. The molecule has 0 spiro atoms. The summed E-state index contributed by atoms with van der Waals surface area (Å²) in [5, 5.41) is 63.2. The summed E-state index contributed by atoms with van der Waals surface area (Å²) < 4.78 is 56.2. The zero-order valence-corrected chi connectivity index (χ0v) is 26.0. The Morgan fingerprint density at radius 3 is 1.63 bits per heavy atom. The van der Waals surface area contributed by atoms with Crippen LogP contribution in [0.3, 0.4) is 0 Å². The topological polar surface area (TPSA) is 234 Å². The van der Waals surface area contributed by atoms with Gasteiger partial charge in [-0.1, -0.05) is 0 Å². The molecule has 0 aromatic heterocycles. The Labute approximate surface area is 241 Å². The van der Waals surface area contributed by atoms with Gasteiger partial charge in [0.15, 0.2) is 6.29 Å². The van der Waals surface area contributed by atoms with Crippen molar-refractivity contribution in [3.8, 4) is 0 Å². The molecule has 17 nitrogen and oxygen atoms in total. The molecule has 2 saturated heterocycles. The molecular formula is C22H46O17Si2. The van der Waals surface area contributed by atoms with Crippen molar-refractivity contribution in [2.45, 2.75) is 89.4 Å². The van der Waals surface area contributed by atoms with Gasteiger partial charge >= 0.3 is 18.1 Å².